The number of benzene rings is 3. The number of nitrogens with one attached hydrogen (secondary N) is 2. The third-order valence-corrected chi connectivity index (χ3v) is 5.02. The number of methoxy groups -OCH3 is 1. The highest BCUT2D eigenvalue weighted by Crippen LogP contribution is 2.29. The van der Waals surface area contributed by atoms with Crippen LogP contribution >= 0.6 is 0 Å². The number of hydrogen-bond acceptors (Lipinski definition) is 6. The smallest absolute Gasteiger partial charge is 0.259 e. The van der Waals surface area contributed by atoms with Crippen LogP contribution in [0, 0.1) is 12.7 Å². The molecule has 0 fully saturated rings. The van der Waals surface area contributed by atoms with Gasteiger partial charge in [0.2, 0.25) is 5.88 Å². The highest BCUT2D eigenvalue weighted by atomic mass is 19.1. The molecule has 35 heavy (non-hydrogen) atoms. The minimum absolute atomic E-state index is 0.00108. The fraction of sp³-hybridized carbons (Fsp3) is 0.115. The first-order valence-electron chi connectivity index (χ1n) is 10.8. The zero-order valence-electron chi connectivity index (χ0n) is 19.2. The summed E-state index contributed by atoms with van der Waals surface area (Å²) in [5, 5.41) is 11.7. The number of carbonyl (C=O) groups is 1. The van der Waals surface area contributed by atoms with E-state index in [9.17, 15) is 9.18 Å². The van der Waals surface area contributed by atoms with E-state index in [-0.39, 0.29) is 18.3 Å². The molecular weight excluding hydrogens is 449 g/mol. The molecule has 0 bridgehead atoms. The number of carbonyl (C=O) groups excluding carboxylic acids is 1. The Morgan fingerprint density at radius 1 is 1.06 bits per heavy atom. The zero-order valence-corrected chi connectivity index (χ0v) is 19.2. The summed E-state index contributed by atoms with van der Waals surface area (Å²) >= 11 is 0. The van der Waals surface area contributed by atoms with Crippen molar-refractivity contribution in [2.75, 3.05) is 19.0 Å². The van der Waals surface area contributed by atoms with Crippen molar-refractivity contribution in [1.29, 1.82) is 0 Å². The summed E-state index contributed by atoms with van der Waals surface area (Å²) in [7, 11) is 1.56. The van der Waals surface area contributed by atoms with Gasteiger partial charge in [0.15, 0.2) is 0 Å². The molecule has 2 N–H and O–H groups in total. The molecule has 178 valence electrons. The van der Waals surface area contributed by atoms with Gasteiger partial charge in [0.1, 0.15) is 17.3 Å². The molecule has 0 atom stereocenters. The van der Waals surface area contributed by atoms with E-state index in [2.05, 4.69) is 20.9 Å². The van der Waals surface area contributed by atoms with Gasteiger partial charge in [-0.05, 0) is 55.5 Å². The first-order valence-corrected chi connectivity index (χ1v) is 10.8. The fourth-order valence-electron chi connectivity index (χ4n) is 3.30. The molecule has 1 amide bonds. The number of anilines is 1. The van der Waals surface area contributed by atoms with Gasteiger partial charge >= 0.3 is 0 Å². The SMILES string of the molecule is COc1ccccc1NCC(=O)N/N=C\c1c(C)nn(-c2ccccc2)c1Oc1ccc(F)cc1. The number of hydrazone groups is 1. The maximum atomic E-state index is 13.4. The molecule has 0 aliphatic rings. The van der Waals surface area contributed by atoms with Crippen molar-refractivity contribution in [1.82, 2.24) is 15.2 Å². The van der Waals surface area contributed by atoms with E-state index in [0.29, 0.717) is 34.3 Å². The predicted molar refractivity (Wildman–Crippen MR) is 132 cm³/mol. The number of hydrogen-bond donors (Lipinski definition) is 2. The minimum Gasteiger partial charge on any atom is -0.495 e. The number of ether oxygens (including phenoxy) is 2. The van der Waals surface area contributed by atoms with Crippen LogP contribution in [0.2, 0.25) is 0 Å². The summed E-state index contributed by atoms with van der Waals surface area (Å²) in [6, 6.07) is 22.4. The molecule has 3 aromatic carbocycles. The van der Waals surface area contributed by atoms with E-state index in [1.165, 1.54) is 30.5 Å². The Bertz CT molecular complexity index is 1320. The van der Waals surface area contributed by atoms with Crippen molar-refractivity contribution >= 4 is 17.8 Å². The second kappa shape index (κ2) is 11.0. The lowest BCUT2D eigenvalue weighted by molar-refractivity contribution is -0.119. The number of amides is 1. The van der Waals surface area contributed by atoms with Crippen LogP contribution in [0.3, 0.4) is 0 Å². The molecule has 0 saturated carbocycles. The summed E-state index contributed by atoms with van der Waals surface area (Å²) in [4.78, 5) is 12.3. The summed E-state index contributed by atoms with van der Waals surface area (Å²) in [6.45, 7) is 1.81. The lowest BCUT2D eigenvalue weighted by Crippen LogP contribution is -2.26. The van der Waals surface area contributed by atoms with Crippen LogP contribution in [0.15, 0.2) is 84.0 Å². The average molecular weight is 474 g/mol. The van der Waals surface area contributed by atoms with E-state index >= 15 is 0 Å². The monoisotopic (exact) mass is 473 g/mol. The van der Waals surface area contributed by atoms with Gasteiger partial charge in [-0.2, -0.15) is 14.9 Å². The normalized spacial score (nSPS) is 10.8. The average Bonchev–Trinajstić information content (AvgIpc) is 3.19. The molecule has 4 rings (SSSR count). The largest absolute Gasteiger partial charge is 0.495 e. The molecule has 1 heterocycles. The summed E-state index contributed by atoms with van der Waals surface area (Å²) in [6.07, 6.45) is 1.47. The van der Waals surface area contributed by atoms with Gasteiger partial charge in [0, 0.05) is 0 Å². The van der Waals surface area contributed by atoms with E-state index in [1.807, 2.05) is 55.5 Å². The highest BCUT2D eigenvalue weighted by molar-refractivity contribution is 5.87. The van der Waals surface area contributed by atoms with Crippen LogP contribution in [0.1, 0.15) is 11.3 Å². The molecule has 1 aromatic heterocycles. The van der Waals surface area contributed by atoms with Crippen LogP contribution in [-0.4, -0.2) is 35.6 Å². The number of aromatic nitrogens is 2. The van der Waals surface area contributed by atoms with Gasteiger partial charge in [-0.15, -0.1) is 0 Å². The quantitative estimate of drug-likeness (QED) is 0.272. The lowest BCUT2D eigenvalue weighted by atomic mass is 10.2. The molecule has 0 spiro atoms. The van der Waals surface area contributed by atoms with Gasteiger partial charge in [0.05, 0.1) is 42.5 Å². The zero-order chi connectivity index (χ0) is 24.6. The minimum atomic E-state index is -0.365. The highest BCUT2D eigenvalue weighted by Gasteiger charge is 2.18. The first kappa shape index (κ1) is 23.5. The molecule has 0 unspecified atom stereocenters. The fourth-order valence-corrected chi connectivity index (χ4v) is 3.30. The summed E-state index contributed by atoms with van der Waals surface area (Å²) in [5.41, 5.74) is 5.17. The Morgan fingerprint density at radius 2 is 1.77 bits per heavy atom. The Kier molecular flexibility index (Phi) is 7.37. The second-order valence-electron chi connectivity index (χ2n) is 7.45. The molecule has 0 saturated heterocycles. The molecule has 9 heteroatoms. The van der Waals surface area contributed by atoms with Gasteiger partial charge < -0.3 is 14.8 Å². The van der Waals surface area contributed by atoms with Gasteiger partial charge in [-0.3, -0.25) is 4.79 Å². The Balaban J connectivity index is 1.52. The third kappa shape index (κ3) is 5.83. The van der Waals surface area contributed by atoms with Crippen molar-refractivity contribution in [3.8, 4) is 23.1 Å². The number of para-hydroxylation sites is 3. The molecular formula is C26H24FN5O3. The third-order valence-electron chi connectivity index (χ3n) is 5.02. The standard InChI is InChI=1S/C26H24FN5O3/c1-18-22(16-29-30-25(33)17-28-23-10-6-7-11-24(23)34-2)26(35-21-14-12-19(27)13-15-21)32(31-18)20-8-4-3-5-9-20/h3-16,28H,17H2,1-2H3,(H,30,33)/b29-16-. The van der Waals surface area contributed by atoms with Crippen molar-refractivity contribution in [3.63, 3.8) is 0 Å². The van der Waals surface area contributed by atoms with Crippen LogP contribution in [0.4, 0.5) is 10.1 Å². The van der Waals surface area contributed by atoms with Crippen molar-refractivity contribution < 1.29 is 18.7 Å². The van der Waals surface area contributed by atoms with Crippen LogP contribution in [-0.2, 0) is 4.79 Å². The van der Waals surface area contributed by atoms with E-state index in [1.54, 1.807) is 17.9 Å². The van der Waals surface area contributed by atoms with Crippen molar-refractivity contribution in [2.45, 2.75) is 6.92 Å². The molecule has 4 aromatic rings. The van der Waals surface area contributed by atoms with Crippen LogP contribution < -0.4 is 20.2 Å². The van der Waals surface area contributed by atoms with Gasteiger partial charge in [0.25, 0.3) is 5.91 Å². The lowest BCUT2D eigenvalue weighted by Gasteiger charge is -2.10. The maximum absolute atomic E-state index is 13.4. The van der Waals surface area contributed by atoms with Crippen LogP contribution in [0.5, 0.6) is 17.4 Å². The number of halogens is 1. The van der Waals surface area contributed by atoms with E-state index in [0.717, 1.165) is 5.69 Å². The number of aryl methyl sites for hydroxylation is 1. The number of rotatable bonds is 9. The summed E-state index contributed by atoms with van der Waals surface area (Å²) < 4.78 is 26.3. The Hall–Kier alpha value is -4.66. The van der Waals surface area contributed by atoms with E-state index < -0.39 is 0 Å². The predicted octanol–water partition coefficient (Wildman–Crippen LogP) is 4.68. The Morgan fingerprint density at radius 3 is 2.51 bits per heavy atom. The number of nitrogens with zero attached hydrogens (tertiary/aromatic N) is 3. The second-order valence-corrected chi connectivity index (χ2v) is 7.45. The molecule has 0 radical (unpaired) electrons. The van der Waals surface area contributed by atoms with Crippen molar-refractivity contribution in [3.05, 3.63) is 95.9 Å². The van der Waals surface area contributed by atoms with Gasteiger partial charge in [-0.25, -0.2) is 9.82 Å². The van der Waals surface area contributed by atoms with E-state index in [4.69, 9.17) is 9.47 Å². The van der Waals surface area contributed by atoms with Gasteiger partial charge in [-0.1, -0.05) is 30.3 Å². The van der Waals surface area contributed by atoms with Crippen LogP contribution in [0.25, 0.3) is 5.69 Å². The molecule has 0 aliphatic carbocycles. The first-order chi connectivity index (χ1) is 17.0. The molecule has 0 aliphatic heterocycles. The topological polar surface area (TPSA) is 89.8 Å². The van der Waals surface area contributed by atoms with Crippen molar-refractivity contribution in [2.24, 2.45) is 5.10 Å². The summed E-state index contributed by atoms with van der Waals surface area (Å²) in [5.74, 6) is 0.738. The maximum Gasteiger partial charge on any atom is 0.259 e. The molecule has 8 nitrogen and oxygen atoms in total. The Labute approximate surface area is 202 Å².